The largest absolute Gasteiger partial charge is 0.444 e. The first-order chi connectivity index (χ1) is 10.3. The predicted octanol–water partition coefficient (Wildman–Crippen LogP) is 3.30. The van der Waals surface area contributed by atoms with Gasteiger partial charge in [-0.25, -0.2) is 9.69 Å². The van der Waals surface area contributed by atoms with Gasteiger partial charge in [-0.1, -0.05) is 48.5 Å². The standard InChI is InChI=1S/C17H15NO3/c19-16-11-10-14-8-4-5-9-15(14)18(16)17(20)21-12-13-6-2-1-3-7-13/h1-9H,10-12H2. The average molecular weight is 281 g/mol. The van der Waals surface area contributed by atoms with Gasteiger partial charge in [0, 0.05) is 6.42 Å². The van der Waals surface area contributed by atoms with Gasteiger partial charge < -0.3 is 4.74 Å². The first-order valence-corrected chi connectivity index (χ1v) is 6.87. The third kappa shape index (κ3) is 2.79. The summed E-state index contributed by atoms with van der Waals surface area (Å²) >= 11 is 0. The van der Waals surface area contributed by atoms with Crippen molar-refractivity contribution < 1.29 is 14.3 Å². The van der Waals surface area contributed by atoms with Crippen LogP contribution < -0.4 is 4.90 Å². The van der Waals surface area contributed by atoms with E-state index < -0.39 is 6.09 Å². The number of anilines is 1. The van der Waals surface area contributed by atoms with Crippen molar-refractivity contribution in [2.45, 2.75) is 19.4 Å². The molecule has 106 valence electrons. The second kappa shape index (κ2) is 5.79. The van der Waals surface area contributed by atoms with Crippen LogP contribution >= 0.6 is 0 Å². The van der Waals surface area contributed by atoms with Crippen molar-refractivity contribution in [1.29, 1.82) is 0 Å². The number of ether oxygens (including phenoxy) is 1. The summed E-state index contributed by atoms with van der Waals surface area (Å²) in [4.78, 5) is 25.4. The molecule has 0 unspecified atom stereocenters. The zero-order valence-corrected chi connectivity index (χ0v) is 11.5. The molecule has 21 heavy (non-hydrogen) atoms. The maximum atomic E-state index is 12.2. The van der Waals surface area contributed by atoms with Crippen molar-refractivity contribution in [2.75, 3.05) is 4.90 Å². The van der Waals surface area contributed by atoms with E-state index in [4.69, 9.17) is 4.74 Å². The minimum absolute atomic E-state index is 0.158. The van der Waals surface area contributed by atoms with Gasteiger partial charge in [-0.2, -0.15) is 0 Å². The molecule has 2 amide bonds. The van der Waals surface area contributed by atoms with Crippen LogP contribution in [0, 0.1) is 0 Å². The third-order valence-corrected chi connectivity index (χ3v) is 3.48. The number of hydrogen-bond donors (Lipinski definition) is 0. The predicted molar refractivity (Wildman–Crippen MR) is 78.9 cm³/mol. The number of fused-ring (bicyclic) bond motifs is 1. The van der Waals surface area contributed by atoms with E-state index in [0.29, 0.717) is 18.5 Å². The molecule has 3 rings (SSSR count). The summed E-state index contributed by atoms with van der Waals surface area (Å²) in [6.45, 7) is 0.158. The first kappa shape index (κ1) is 13.4. The van der Waals surface area contributed by atoms with Crippen LogP contribution in [0.25, 0.3) is 0 Å². The summed E-state index contributed by atoms with van der Waals surface area (Å²) in [5.41, 5.74) is 2.52. The van der Waals surface area contributed by atoms with E-state index in [1.54, 1.807) is 6.07 Å². The van der Waals surface area contributed by atoms with Crippen LogP contribution in [-0.4, -0.2) is 12.0 Å². The topological polar surface area (TPSA) is 46.6 Å². The highest BCUT2D eigenvalue weighted by Crippen LogP contribution is 2.28. The van der Waals surface area contributed by atoms with E-state index in [-0.39, 0.29) is 12.5 Å². The number of para-hydroxylation sites is 1. The van der Waals surface area contributed by atoms with Gasteiger partial charge in [0.15, 0.2) is 0 Å². The zero-order chi connectivity index (χ0) is 14.7. The molecule has 4 heteroatoms. The van der Waals surface area contributed by atoms with Gasteiger partial charge >= 0.3 is 6.09 Å². The second-order valence-electron chi connectivity index (χ2n) is 4.90. The number of carbonyl (C=O) groups is 2. The number of amides is 2. The molecule has 0 aromatic heterocycles. The van der Waals surface area contributed by atoms with Crippen molar-refractivity contribution in [3.05, 3.63) is 65.7 Å². The molecule has 0 fully saturated rings. The van der Waals surface area contributed by atoms with Crippen molar-refractivity contribution in [3.63, 3.8) is 0 Å². The van der Waals surface area contributed by atoms with E-state index in [1.165, 1.54) is 0 Å². The Morgan fingerprint density at radius 1 is 1.00 bits per heavy atom. The molecule has 0 atom stereocenters. The Morgan fingerprint density at radius 3 is 2.52 bits per heavy atom. The molecule has 1 heterocycles. The average Bonchev–Trinajstić information content (AvgIpc) is 2.53. The van der Waals surface area contributed by atoms with Gasteiger partial charge in [-0.3, -0.25) is 4.79 Å². The highest BCUT2D eigenvalue weighted by molar-refractivity contribution is 6.13. The summed E-state index contributed by atoms with van der Waals surface area (Å²) < 4.78 is 5.26. The third-order valence-electron chi connectivity index (χ3n) is 3.48. The lowest BCUT2D eigenvalue weighted by Gasteiger charge is -2.26. The lowest BCUT2D eigenvalue weighted by Crippen LogP contribution is -2.40. The quantitative estimate of drug-likeness (QED) is 0.848. The van der Waals surface area contributed by atoms with Gasteiger partial charge in [0.05, 0.1) is 5.69 Å². The van der Waals surface area contributed by atoms with Crippen LogP contribution in [0.3, 0.4) is 0 Å². The van der Waals surface area contributed by atoms with Crippen LogP contribution in [0.15, 0.2) is 54.6 Å². The summed E-state index contributed by atoms with van der Waals surface area (Å²) in [6.07, 6.45) is 0.380. The molecule has 1 aliphatic rings. The summed E-state index contributed by atoms with van der Waals surface area (Å²) in [5, 5.41) is 0. The molecule has 4 nitrogen and oxygen atoms in total. The Balaban J connectivity index is 1.76. The Bertz CT molecular complexity index is 667. The maximum Gasteiger partial charge on any atom is 0.421 e. The van der Waals surface area contributed by atoms with E-state index >= 15 is 0 Å². The highest BCUT2D eigenvalue weighted by atomic mass is 16.6. The minimum Gasteiger partial charge on any atom is -0.444 e. The highest BCUT2D eigenvalue weighted by Gasteiger charge is 2.30. The Kier molecular flexibility index (Phi) is 3.69. The Hall–Kier alpha value is -2.62. The van der Waals surface area contributed by atoms with E-state index in [0.717, 1.165) is 16.0 Å². The number of carbonyl (C=O) groups excluding carboxylic acids is 2. The van der Waals surface area contributed by atoms with E-state index in [2.05, 4.69) is 0 Å². The fourth-order valence-corrected chi connectivity index (χ4v) is 2.41. The Labute approximate surface area is 123 Å². The van der Waals surface area contributed by atoms with Crippen LogP contribution in [0.2, 0.25) is 0 Å². The number of aryl methyl sites for hydroxylation is 1. The molecule has 0 saturated heterocycles. The summed E-state index contributed by atoms with van der Waals surface area (Å²) in [7, 11) is 0. The summed E-state index contributed by atoms with van der Waals surface area (Å²) in [5.74, 6) is -0.216. The minimum atomic E-state index is -0.615. The maximum absolute atomic E-state index is 12.2. The van der Waals surface area contributed by atoms with Crippen molar-refractivity contribution in [3.8, 4) is 0 Å². The van der Waals surface area contributed by atoms with Crippen LogP contribution in [0.5, 0.6) is 0 Å². The SMILES string of the molecule is O=C1CCc2ccccc2N1C(=O)OCc1ccccc1. The molecule has 1 aliphatic heterocycles. The van der Waals surface area contributed by atoms with Crippen molar-refractivity contribution >= 4 is 17.7 Å². The van der Waals surface area contributed by atoms with Crippen molar-refractivity contribution in [1.82, 2.24) is 0 Å². The number of hydrogen-bond acceptors (Lipinski definition) is 3. The van der Waals surface area contributed by atoms with Crippen LogP contribution in [0.1, 0.15) is 17.5 Å². The number of nitrogens with zero attached hydrogens (tertiary/aromatic N) is 1. The number of benzene rings is 2. The van der Waals surface area contributed by atoms with E-state index in [9.17, 15) is 9.59 Å². The molecule has 0 saturated carbocycles. The molecular formula is C17H15NO3. The zero-order valence-electron chi connectivity index (χ0n) is 11.5. The lowest BCUT2D eigenvalue weighted by atomic mass is 10.0. The fraction of sp³-hybridized carbons (Fsp3) is 0.176. The second-order valence-corrected chi connectivity index (χ2v) is 4.90. The molecule has 0 aliphatic carbocycles. The fourth-order valence-electron chi connectivity index (χ4n) is 2.41. The lowest BCUT2D eigenvalue weighted by molar-refractivity contribution is -0.118. The molecule has 0 spiro atoms. The number of imide groups is 1. The first-order valence-electron chi connectivity index (χ1n) is 6.87. The van der Waals surface area contributed by atoms with Gasteiger partial charge in [0.2, 0.25) is 5.91 Å². The van der Waals surface area contributed by atoms with Crippen molar-refractivity contribution in [2.24, 2.45) is 0 Å². The summed E-state index contributed by atoms with van der Waals surface area (Å²) in [6, 6.07) is 16.8. The van der Waals surface area contributed by atoms with Crippen LogP contribution in [0.4, 0.5) is 10.5 Å². The van der Waals surface area contributed by atoms with Gasteiger partial charge in [-0.05, 0) is 23.6 Å². The molecule has 0 bridgehead atoms. The molecule has 2 aromatic carbocycles. The molecular weight excluding hydrogens is 266 g/mol. The van der Waals surface area contributed by atoms with E-state index in [1.807, 2.05) is 48.5 Å². The molecule has 2 aromatic rings. The molecule has 0 N–H and O–H groups in total. The number of rotatable bonds is 2. The van der Waals surface area contributed by atoms with Crippen LogP contribution in [-0.2, 0) is 22.6 Å². The monoisotopic (exact) mass is 281 g/mol. The molecule has 0 radical (unpaired) electrons. The van der Waals surface area contributed by atoms with Gasteiger partial charge in [0.1, 0.15) is 6.61 Å². The smallest absolute Gasteiger partial charge is 0.421 e. The Morgan fingerprint density at radius 2 is 1.71 bits per heavy atom. The van der Waals surface area contributed by atoms with Gasteiger partial charge in [-0.15, -0.1) is 0 Å². The normalized spacial score (nSPS) is 13.7. The van der Waals surface area contributed by atoms with Gasteiger partial charge in [0.25, 0.3) is 0 Å².